The zero-order valence-electron chi connectivity index (χ0n) is 13.9. The van der Waals surface area contributed by atoms with Crippen LogP contribution >= 0.6 is 0 Å². The first-order valence-electron chi connectivity index (χ1n) is 8.23. The van der Waals surface area contributed by atoms with Gasteiger partial charge in [0.05, 0.1) is 5.56 Å². The normalized spacial score (nSPS) is 12.0. The van der Waals surface area contributed by atoms with Crippen LogP contribution in [0.25, 0.3) is 21.5 Å². The second-order valence-electron chi connectivity index (χ2n) is 5.99. The minimum Gasteiger partial charge on any atom is -0.368 e. The summed E-state index contributed by atoms with van der Waals surface area (Å²) in [6.45, 7) is 3.65. The summed E-state index contributed by atoms with van der Waals surface area (Å²) < 4.78 is 0. The predicted octanol–water partition coefficient (Wildman–Crippen LogP) is 3.54. The van der Waals surface area contributed by atoms with Gasteiger partial charge in [0.2, 0.25) is 5.91 Å². The SMILES string of the molecule is C=CCC[C@H](NC(=O)c1c2ccccc2cc2ccccc12)C(N)=O. The highest BCUT2D eigenvalue weighted by Crippen LogP contribution is 2.28. The summed E-state index contributed by atoms with van der Waals surface area (Å²) in [6, 6.07) is 16.8. The molecule has 2 amide bonds. The Morgan fingerprint density at radius 2 is 1.60 bits per heavy atom. The zero-order valence-corrected chi connectivity index (χ0v) is 13.9. The summed E-state index contributed by atoms with van der Waals surface area (Å²) in [4.78, 5) is 24.7. The topological polar surface area (TPSA) is 72.2 Å². The van der Waals surface area contributed by atoms with Gasteiger partial charge in [0.1, 0.15) is 6.04 Å². The lowest BCUT2D eigenvalue weighted by Crippen LogP contribution is -2.44. The number of nitrogens with one attached hydrogen (secondary N) is 1. The van der Waals surface area contributed by atoms with Crippen molar-refractivity contribution in [3.63, 3.8) is 0 Å². The van der Waals surface area contributed by atoms with Gasteiger partial charge >= 0.3 is 0 Å². The monoisotopic (exact) mass is 332 g/mol. The van der Waals surface area contributed by atoms with Gasteiger partial charge in [-0.25, -0.2) is 0 Å². The summed E-state index contributed by atoms with van der Waals surface area (Å²) in [5.41, 5.74) is 6.01. The molecule has 1 atom stereocenters. The van der Waals surface area contributed by atoms with Crippen molar-refractivity contribution < 1.29 is 9.59 Å². The Bertz CT molecular complexity index is 908. The fraction of sp³-hybridized carbons (Fsp3) is 0.143. The van der Waals surface area contributed by atoms with Gasteiger partial charge in [-0.15, -0.1) is 6.58 Å². The lowest BCUT2D eigenvalue weighted by molar-refractivity contribution is -0.119. The molecule has 3 rings (SSSR count). The molecule has 0 heterocycles. The Balaban J connectivity index is 2.10. The number of allylic oxidation sites excluding steroid dienone is 1. The van der Waals surface area contributed by atoms with Gasteiger partial charge in [0.25, 0.3) is 5.91 Å². The first kappa shape index (κ1) is 16.7. The van der Waals surface area contributed by atoms with Gasteiger partial charge in [-0.2, -0.15) is 0 Å². The van der Waals surface area contributed by atoms with Crippen molar-refractivity contribution >= 4 is 33.4 Å². The van der Waals surface area contributed by atoms with E-state index in [4.69, 9.17) is 5.73 Å². The van der Waals surface area contributed by atoms with E-state index in [-0.39, 0.29) is 5.91 Å². The molecule has 0 spiro atoms. The number of hydrogen-bond acceptors (Lipinski definition) is 2. The van der Waals surface area contributed by atoms with Crippen LogP contribution in [-0.4, -0.2) is 17.9 Å². The minimum atomic E-state index is -0.719. The molecule has 3 N–H and O–H groups in total. The Labute approximate surface area is 146 Å². The number of nitrogens with two attached hydrogens (primary N) is 1. The molecule has 0 aliphatic heterocycles. The molecule has 0 radical (unpaired) electrons. The Hall–Kier alpha value is -3.14. The Kier molecular flexibility index (Phi) is 4.80. The van der Waals surface area contributed by atoms with Crippen LogP contribution < -0.4 is 11.1 Å². The maximum Gasteiger partial charge on any atom is 0.253 e. The van der Waals surface area contributed by atoms with Crippen molar-refractivity contribution in [1.82, 2.24) is 5.32 Å². The Morgan fingerprint density at radius 1 is 1.04 bits per heavy atom. The standard InChI is InChI=1S/C21H20N2O2/c1-2-3-12-18(20(22)24)23-21(25)19-16-10-6-4-8-14(16)13-15-9-5-7-11-17(15)19/h2,4-11,13,18H,1,3,12H2,(H2,22,24)(H,23,25)/t18-/m0/s1. The van der Waals surface area contributed by atoms with E-state index < -0.39 is 11.9 Å². The fourth-order valence-electron chi connectivity index (χ4n) is 3.06. The summed E-state index contributed by atoms with van der Waals surface area (Å²) in [5.74, 6) is -0.833. The van der Waals surface area contributed by atoms with E-state index in [0.29, 0.717) is 18.4 Å². The molecule has 126 valence electrons. The van der Waals surface area contributed by atoms with Crippen LogP contribution in [0, 0.1) is 0 Å². The number of benzene rings is 3. The van der Waals surface area contributed by atoms with Gasteiger partial charge in [-0.1, -0.05) is 54.6 Å². The van der Waals surface area contributed by atoms with E-state index >= 15 is 0 Å². The van der Waals surface area contributed by atoms with E-state index in [1.807, 2.05) is 48.5 Å². The fourth-order valence-corrected chi connectivity index (χ4v) is 3.06. The van der Waals surface area contributed by atoms with E-state index in [9.17, 15) is 9.59 Å². The average molecular weight is 332 g/mol. The van der Waals surface area contributed by atoms with Gasteiger partial charge in [-0.05, 0) is 40.5 Å². The minimum absolute atomic E-state index is 0.291. The molecule has 0 saturated carbocycles. The number of amides is 2. The van der Waals surface area contributed by atoms with Gasteiger partial charge < -0.3 is 11.1 Å². The smallest absolute Gasteiger partial charge is 0.253 e. The molecule has 0 unspecified atom stereocenters. The number of carbonyl (C=O) groups is 2. The molecule has 25 heavy (non-hydrogen) atoms. The van der Waals surface area contributed by atoms with Gasteiger partial charge in [0, 0.05) is 0 Å². The number of carbonyl (C=O) groups excluding carboxylic acids is 2. The highest BCUT2D eigenvalue weighted by molar-refractivity contribution is 6.18. The molecule has 3 aromatic rings. The van der Waals surface area contributed by atoms with Crippen LogP contribution in [0.4, 0.5) is 0 Å². The molecule has 0 fully saturated rings. The number of fused-ring (bicyclic) bond motifs is 2. The van der Waals surface area contributed by atoms with Crippen LogP contribution in [0.5, 0.6) is 0 Å². The van der Waals surface area contributed by atoms with Crippen LogP contribution in [-0.2, 0) is 4.79 Å². The van der Waals surface area contributed by atoms with Gasteiger partial charge in [0.15, 0.2) is 0 Å². The first-order valence-corrected chi connectivity index (χ1v) is 8.23. The molecule has 0 saturated heterocycles. The quantitative estimate of drug-likeness (QED) is 0.535. The highest BCUT2D eigenvalue weighted by atomic mass is 16.2. The van der Waals surface area contributed by atoms with Gasteiger partial charge in [-0.3, -0.25) is 9.59 Å². The summed E-state index contributed by atoms with van der Waals surface area (Å²) in [5, 5.41) is 6.45. The van der Waals surface area contributed by atoms with Crippen molar-refractivity contribution in [3.8, 4) is 0 Å². The van der Waals surface area contributed by atoms with Crippen molar-refractivity contribution in [2.45, 2.75) is 18.9 Å². The van der Waals surface area contributed by atoms with Crippen LogP contribution in [0.2, 0.25) is 0 Å². The maximum absolute atomic E-state index is 13.0. The lowest BCUT2D eigenvalue weighted by atomic mass is 9.96. The van der Waals surface area contributed by atoms with E-state index in [2.05, 4.69) is 18.0 Å². The maximum atomic E-state index is 13.0. The molecule has 4 nitrogen and oxygen atoms in total. The summed E-state index contributed by atoms with van der Waals surface area (Å²) >= 11 is 0. The molecule has 0 aromatic heterocycles. The van der Waals surface area contributed by atoms with Crippen LogP contribution in [0.1, 0.15) is 23.2 Å². The predicted molar refractivity (Wildman–Crippen MR) is 101 cm³/mol. The molecule has 0 aliphatic rings. The second kappa shape index (κ2) is 7.18. The van der Waals surface area contributed by atoms with Crippen LogP contribution in [0.15, 0.2) is 67.3 Å². The third-order valence-corrected chi connectivity index (χ3v) is 4.31. The largest absolute Gasteiger partial charge is 0.368 e. The van der Waals surface area contributed by atoms with E-state index in [1.165, 1.54) is 0 Å². The third-order valence-electron chi connectivity index (χ3n) is 4.31. The van der Waals surface area contributed by atoms with E-state index in [0.717, 1.165) is 21.5 Å². The van der Waals surface area contributed by atoms with Crippen LogP contribution in [0.3, 0.4) is 0 Å². The second-order valence-corrected chi connectivity index (χ2v) is 5.99. The first-order chi connectivity index (χ1) is 12.1. The Morgan fingerprint density at radius 3 is 2.12 bits per heavy atom. The lowest BCUT2D eigenvalue weighted by Gasteiger charge is -2.17. The average Bonchev–Trinajstić information content (AvgIpc) is 2.62. The van der Waals surface area contributed by atoms with Crippen molar-refractivity contribution in [3.05, 3.63) is 72.8 Å². The van der Waals surface area contributed by atoms with Crippen molar-refractivity contribution in [1.29, 1.82) is 0 Å². The third kappa shape index (κ3) is 3.38. The molecule has 3 aromatic carbocycles. The highest BCUT2D eigenvalue weighted by Gasteiger charge is 2.21. The molecule has 0 bridgehead atoms. The molecular weight excluding hydrogens is 312 g/mol. The number of hydrogen-bond donors (Lipinski definition) is 2. The van der Waals surface area contributed by atoms with Crippen molar-refractivity contribution in [2.24, 2.45) is 5.73 Å². The van der Waals surface area contributed by atoms with E-state index in [1.54, 1.807) is 6.08 Å². The summed E-state index contributed by atoms with van der Waals surface area (Å²) in [6.07, 6.45) is 2.74. The number of rotatable bonds is 6. The summed E-state index contributed by atoms with van der Waals surface area (Å²) in [7, 11) is 0. The molecular formula is C21H20N2O2. The van der Waals surface area contributed by atoms with Crippen molar-refractivity contribution in [2.75, 3.05) is 0 Å². The molecule has 0 aliphatic carbocycles. The zero-order chi connectivity index (χ0) is 17.8. The number of primary amides is 1. The molecule has 4 heteroatoms.